The number of aryl methyl sites for hydroxylation is 3. The Morgan fingerprint density at radius 3 is 1.93 bits per heavy atom. The van der Waals surface area contributed by atoms with Crippen molar-refractivity contribution in [2.75, 3.05) is 11.1 Å². The number of nitrogens with two attached hydrogens (primary N) is 1. The molecule has 4 nitrogen and oxygen atoms in total. The lowest BCUT2D eigenvalue weighted by atomic mass is 9.81. The number of carbonyl (C=O) groups is 2. The number of hydrogen-bond acceptors (Lipinski definition) is 4. The first-order valence-corrected chi connectivity index (χ1v) is 9.68. The van der Waals surface area contributed by atoms with Crippen LogP contribution in [0.25, 0.3) is 0 Å². The number of anilines is 3. The van der Waals surface area contributed by atoms with Crippen molar-refractivity contribution in [3.8, 4) is 0 Å². The quantitative estimate of drug-likeness (QED) is 0.458. The largest absolute Gasteiger partial charge is 0.398 e. The molecule has 29 heavy (non-hydrogen) atoms. The smallest absolute Gasteiger partial charge is 0.196 e. The predicted octanol–water partition coefficient (Wildman–Crippen LogP) is 5.33. The molecule has 146 valence electrons. The molecule has 0 fully saturated rings. The van der Waals surface area contributed by atoms with Crippen molar-refractivity contribution in [3.05, 3.63) is 86.5 Å². The van der Waals surface area contributed by atoms with E-state index in [-0.39, 0.29) is 11.6 Å². The zero-order valence-corrected chi connectivity index (χ0v) is 17.4. The summed E-state index contributed by atoms with van der Waals surface area (Å²) in [5, 5.41) is 3.46. The Hall–Kier alpha value is -3.40. The average molecular weight is 384 g/mol. The van der Waals surface area contributed by atoms with E-state index >= 15 is 0 Å². The second kappa shape index (κ2) is 6.59. The van der Waals surface area contributed by atoms with Gasteiger partial charge in [0.1, 0.15) is 0 Å². The third-order valence-electron chi connectivity index (χ3n) is 6.06. The third kappa shape index (κ3) is 2.75. The first-order valence-electron chi connectivity index (χ1n) is 9.68. The zero-order chi connectivity index (χ0) is 21.0. The fourth-order valence-electron chi connectivity index (χ4n) is 4.16. The van der Waals surface area contributed by atoms with Crippen LogP contribution in [0.5, 0.6) is 0 Å². The number of carbonyl (C=O) groups excluding carboxylic acids is 2. The van der Waals surface area contributed by atoms with E-state index in [2.05, 4.69) is 32.2 Å². The van der Waals surface area contributed by atoms with E-state index in [0.717, 1.165) is 22.4 Å². The van der Waals surface area contributed by atoms with Gasteiger partial charge in [-0.2, -0.15) is 0 Å². The molecule has 0 aromatic heterocycles. The highest BCUT2D eigenvalue weighted by Gasteiger charge is 2.34. The van der Waals surface area contributed by atoms with Gasteiger partial charge in [0.15, 0.2) is 11.6 Å². The fraction of sp³-hybridized carbons (Fsp3) is 0.200. The Kier molecular flexibility index (Phi) is 4.30. The molecule has 0 heterocycles. The lowest BCUT2D eigenvalue weighted by molar-refractivity contribution is 0.0980. The first kappa shape index (κ1) is 18.9. The Morgan fingerprint density at radius 1 is 0.724 bits per heavy atom. The molecule has 0 spiro atoms. The maximum Gasteiger partial charge on any atom is 0.196 e. The molecule has 3 aromatic rings. The van der Waals surface area contributed by atoms with E-state index in [0.29, 0.717) is 33.6 Å². The molecule has 0 unspecified atom stereocenters. The van der Waals surface area contributed by atoms with Crippen molar-refractivity contribution < 1.29 is 9.59 Å². The molecular formula is C25H24N2O2. The summed E-state index contributed by atoms with van der Waals surface area (Å²) in [4.78, 5) is 26.6. The highest BCUT2D eigenvalue weighted by Crippen LogP contribution is 2.39. The minimum absolute atomic E-state index is 0.177. The molecular weight excluding hydrogens is 360 g/mol. The Balaban J connectivity index is 1.97. The van der Waals surface area contributed by atoms with Gasteiger partial charge in [0.2, 0.25) is 0 Å². The van der Waals surface area contributed by atoms with Crippen LogP contribution in [-0.2, 0) is 0 Å². The number of nitrogen functional groups attached to an aromatic ring is 1. The van der Waals surface area contributed by atoms with Gasteiger partial charge in [-0.25, -0.2) is 0 Å². The topological polar surface area (TPSA) is 72.2 Å². The summed E-state index contributed by atoms with van der Waals surface area (Å²) in [6, 6.07) is 10.9. The first-order chi connectivity index (χ1) is 13.7. The summed E-state index contributed by atoms with van der Waals surface area (Å²) in [7, 11) is 0. The summed E-state index contributed by atoms with van der Waals surface area (Å²) in [5.74, 6) is -0.378. The van der Waals surface area contributed by atoms with Gasteiger partial charge in [0, 0.05) is 22.5 Å². The third-order valence-corrected chi connectivity index (χ3v) is 6.06. The van der Waals surface area contributed by atoms with Crippen LogP contribution in [0, 0.1) is 34.6 Å². The SMILES string of the molecule is Cc1cc(C)c(Nc2cc(C)c(N)c3c2C(=O)c2ccccc2C3=O)c(C)c1C. The molecule has 0 bridgehead atoms. The van der Waals surface area contributed by atoms with Crippen LogP contribution in [0.1, 0.15) is 59.7 Å². The highest BCUT2D eigenvalue weighted by atomic mass is 16.1. The van der Waals surface area contributed by atoms with Crippen LogP contribution >= 0.6 is 0 Å². The van der Waals surface area contributed by atoms with E-state index in [1.165, 1.54) is 11.1 Å². The number of benzene rings is 3. The number of rotatable bonds is 2. The van der Waals surface area contributed by atoms with E-state index < -0.39 is 0 Å². The summed E-state index contributed by atoms with van der Waals surface area (Å²) in [6.45, 7) is 10.1. The van der Waals surface area contributed by atoms with Crippen molar-refractivity contribution in [2.45, 2.75) is 34.6 Å². The lowest BCUT2D eigenvalue weighted by Gasteiger charge is -2.25. The van der Waals surface area contributed by atoms with Crippen LogP contribution < -0.4 is 11.1 Å². The Labute approximate surface area is 170 Å². The molecule has 0 saturated carbocycles. The van der Waals surface area contributed by atoms with Gasteiger partial charge in [-0.3, -0.25) is 9.59 Å². The normalized spacial score (nSPS) is 12.6. The lowest BCUT2D eigenvalue weighted by Crippen LogP contribution is -2.24. The summed E-state index contributed by atoms with van der Waals surface area (Å²) in [5.41, 5.74) is 15.1. The predicted molar refractivity (Wildman–Crippen MR) is 118 cm³/mol. The molecule has 0 aliphatic heterocycles. The highest BCUT2D eigenvalue weighted by molar-refractivity contribution is 6.32. The van der Waals surface area contributed by atoms with Crippen molar-refractivity contribution >= 4 is 28.6 Å². The maximum absolute atomic E-state index is 13.4. The molecule has 1 aliphatic carbocycles. The standard InChI is InChI=1S/C25H24N2O2/c1-12-10-14(3)23(16(5)15(12)4)27-19-11-13(2)22(26)21-20(19)24(28)17-8-6-7-9-18(17)25(21)29/h6-11,27H,26H2,1-5H3. The van der Waals surface area contributed by atoms with Gasteiger partial charge in [0.05, 0.1) is 16.8 Å². The van der Waals surface area contributed by atoms with Crippen molar-refractivity contribution in [1.82, 2.24) is 0 Å². The van der Waals surface area contributed by atoms with Gasteiger partial charge in [0.25, 0.3) is 0 Å². The van der Waals surface area contributed by atoms with Crippen molar-refractivity contribution in [1.29, 1.82) is 0 Å². The minimum atomic E-state index is -0.201. The molecule has 0 amide bonds. The second-order valence-corrected chi connectivity index (χ2v) is 7.87. The molecule has 3 aromatic carbocycles. The van der Waals surface area contributed by atoms with Crippen LogP contribution in [-0.4, -0.2) is 11.6 Å². The van der Waals surface area contributed by atoms with Gasteiger partial charge >= 0.3 is 0 Å². The molecule has 0 saturated heterocycles. The monoisotopic (exact) mass is 384 g/mol. The van der Waals surface area contributed by atoms with Crippen LogP contribution in [0.3, 0.4) is 0 Å². The van der Waals surface area contributed by atoms with E-state index in [4.69, 9.17) is 5.73 Å². The zero-order valence-electron chi connectivity index (χ0n) is 17.4. The van der Waals surface area contributed by atoms with E-state index in [9.17, 15) is 9.59 Å². The molecule has 0 radical (unpaired) electrons. The maximum atomic E-state index is 13.4. The minimum Gasteiger partial charge on any atom is -0.398 e. The van der Waals surface area contributed by atoms with Crippen molar-refractivity contribution in [3.63, 3.8) is 0 Å². The van der Waals surface area contributed by atoms with Gasteiger partial charge in [-0.1, -0.05) is 30.3 Å². The summed E-state index contributed by atoms with van der Waals surface area (Å²) < 4.78 is 0. The van der Waals surface area contributed by atoms with Gasteiger partial charge in [-0.15, -0.1) is 0 Å². The van der Waals surface area contributed by atoms with E-state index in [1.54, 1.807) is 24.3 Å². The second-order valence-electron chi connectivity index (χ2n) is 7.87. The fourth-order valence-corrected chi connectivity index (χ4v) is 4.16. The molecule has 1 aliphatic rings. The molecule has 4 rings (SSSR count). The van der Waals surface area contributed by atoms with Gasteiger partial charge < -0.3 is 11.1 Å². The van der Waals surface area contributed by atoms with Gasteiger partial charge in [-0.05, 0) is 68.5 Å². The number of hydrogen-bond donors (Lipinski definition) is 2. The average Bonchev–Trinajstić information content (AvgIpc) is 2.70. The number of nitrogens with one attached hydrogen (secondary N) is 1. The summed E-state index contributed by atoms with van der Waals surface area (Å²) in [6.07, 6.45) is 0. The van der Waals surface area contributed by atoms with Crippen molar-refractivity contribution in [2.24, 2.45) is 0 Å². The summed E-state index contributed by atoms with van der Waals surface area (Å²) >= 11 is 0. The molecule has 3 N–H and O–H groups in total. The molecule has 0 atom stereocenters. The number of ketones is 2. The van der Waals surface area contributed by atoms with Crippen LogP contribution in [0.15, 0.2) is 36.4 Å². The Morgan fingerprint density at radius 2 is 1.31 bits per heavy atom. The molecule has 4 heteroatoms. The van der Waals surface area contributed by atoms with Crippen LogP contribution in [0.4, 0.5) is 17.1 Å². The van der Waals surface area contributed by atoms with Crippen LogP contribution in [0.2, 0.25) is 0 Å². The Bertz CT molecular complexity index is 1220. The number of fused-ring (bicyclic) bond motifs is 2. The van der Waals surface area contributed by atoms with E-state index in [1.807, 2.05) is 19.9 Å².